The zero-order valence-corrected chi connectivity index (χ0v) is 21.0. The fourth-order valence-corrected chi connectivity index (χ4v) is 4.86. The highest BCUT2D eigenvalue weighted by Gasteiger charge is 2.67. The van der Waals surface area contributed by atoms with Crippen molar-refractivity contribution in [2.24, 2.45) is 5.92 Å². The van der Waals surface area contributed by atoms with Crippen molar-refractivity contribution >= 4 is 73.9 Å². The van der Waals surface area contributed by atoms with Gasteiger partial charge in [0.25, 0.3) is 5.91 Å². The molecule has 3 aromatic carbocycles. The molecule has 1 fully saturated rings. The third kappa shape index (κ3) is 5.14. The van der Waals surface area contributed by atoms with Crippen LogP contribution in [-0.4, -0.2) is 16.1 Å². The molecule has 1 aliphatic rings. The number of amides is 2. The van der Waals surface area contributed by atoms with Crippen LogP contribution in [0.3, 0.4) is 0 Å². The van der Waals surface area contributed by atoms with Crippen molar-refractivity contribution in [3.8, 4) is 0 Å². The first-order valence-corrected chi connectivity index (χ1v) is 11.7. The first-order chi connectivity index (χ1) is 16.4. The molecule has 0 spiro atoms. The number of halogens is 8. The molecule has 0 aromatic heterocycles. The molecular formula is C23H12BrCl3F4N2O2. The van der Waals surface area contributed by atoms with Gasteiger partial charge < -0.3 is 10.6 Å². The monoisotopic (exact) mass is 608 g/mol. The van der Waals surface area contributed by atoms with Gasteiger partial charge in [0.15, 0.2) is 0 Å². The lowest BCUT2D eigenvalue weighted by Crippen LogP contribution is -2.18. The summed E-state index contributed by atoms with van der Waals surface area (Å²) in [5.74, 6) is -6.97. The van der Waals surface area contributed by atoms with Crippen LogP contribution in [0.4, 0.5) is 28.9 Å². The molecule has 1 aliphatic carbocycles. The molecule has 2 N–H and O–H groups in total. The van der Waals surface area contributed by atoms with Gasteiger partial charge in [-0.3, -0.25) is 9.59 Å². The van der Waals surface area contributed by atoms with E-state index in [9.17, 15) is 27.2 Å². The number of carbonyl (C=O) groups excluding carboxylic acids is 2. The predicted octanol–water partition coefficient (Wildman–Crippen LogP) is 7.44. The molecule has 1 saturated carbocycles. The van der Waals surface area contributed by atoms with Gasteiger partial charge in [0.05, 0.1) is 26.7 Å². The highest BCUT2D eigenvalue weighted by atomic mass is 79.9. The average Bonchev–Trinajstić information content (AvgIpc) is 3.37. The van der Waals surface area contributed by atoms with E-state index in [1.54, 1.807) is 0 Å². The van der Waals surface area contributed by atoms with Crippen LogP contribution < -0.4 is 10.6 Å². The largest absolute Gasteiger partial charge is 0.326 e. The number of alkyl halides is 2. The molecule has 2 atom stereocenters. The van der Waals surface area contributed by atoms with E-state index in [2.05, 4.69) is 26.6 Å². The number of rotatable bonds is 5. The maximum atomic E-state index is 13.9. The zero-order valence-electron chi connectivity index (χ0n) is 17.1. The lowest BCUT2D eigenvalue weighted by molar-refractivity contribution is -0.117. The average molecular weight is 611 g/mol. The van der Waals surface area contributed by atoms with E-state index < -0.39 is 51.3 Å². The summed E-state index contributed by atoms with van der Waals surface area (Å²) in [4.78, 5) is 25.5. The first kappa shape index (κ1) is 25.8. The number of anilines is 2. The second kappa shape index (κ2) is 9.61. The van der Waals surface area contributed by atoms with Crippen molar-refractivity contribution in [1.29, 1.82) is 0 Å². The van der Waals surface area contributed by atoms with Crippen LogP contribution in [0.15, 0.2) is 53.0 Å². The van der Waals surface area contributed by atoms with Crippen molar-refractivity contribution in [2.75, 3.05) is 10.6 Å². The Hall–Kier alpha value is -2.33. The Balaban J connectivity index is 1.52. The summed E-state index contributed by atoms with van der Waals surface area (Å²) in [7, 11) is 0. The molecule has 35 heavy (non-hydrogen) atoms. The van der Waals surface area contributed by atoms with Gasteiger partial charge in [-0.25, -0.2) is 17.6 Å². The molecule has 0 heterocycles. The normalized spacial score (nSPS) is 18.2. The third-order valence-corrected chi connectivity index (χ3v) is 7.39. The van der Waals surface area contributed by atoms with Crippen LogP contribution in [-0.2, 0) is 4.79 Å². The van der Waals surface area contributed by atoms with Gasteiger partial charge in [0.2, 0.25) is 5.91 Å². The maximum Gasteiger partial charge on any atom is 0.257 e. The second-order valence-corrected chi connectivity index (χ2v) is 10.3. The van der Waals surface area contributed by atoms with Crippen LogP contribution in [0.1, 0.15) is 21.8 Å². The fraction of sp³-hybridized carbons (Fsp3) is 0.130. The molecule has 0 aliphatic heterocycles. The molecule has 2 amide bonds. The zero-order chi connectivity index (χ0) is 25.7. The Kier molecular flexibility index (Phi) is 7.07. The first-order valence-electron chi connectivity index (χ1n) is 9.79. The van der Waals surface area contributed by atoms with E-state index in [-0.39, 0.29) is 32.0 Å². The summed E-state index contributed by atoms with van der Waals surface area (Å²) in [6, 6.07) is 8.64. The molecule has 4 nitrogen and oxygen atoms in total. The maximum absolute atomic E-state index is 13.9. The van der Waals surface area contributed by atoms with E-state index in [1.165, 1.54) is 18.2 Å². The quantitative estimate of drug-likeness (QED) is 0.179. The highest BCUT2D eigenvalue weighted by Crippen LogP contribution is 2.65. The Bertz CT molecular complexity index is 1350. The van der Waals surface area contributed by atoms with Gasteiger partial charge in [-0.1, -0.05) is 11.6 Å². The molecule has 0 radical (unpaired) electrons. The van der Waals surface area contributed by atoms with Crippen LogP contribution in [0.25, 0.3) is 0 Å². The van der Waals surface area contributed by atoms with Crippen molar-refractivity contribution in [1.82, 2.24) is 0 Å². The topological polar surface area (TPSA) is 58.2 Å². The molecule has 12 heteroatoms. The minimum absolute atomic E-state index is 0.00263. The van der Waals surface area contributed by atoms with Crippen molar-refractivity contribution in [3.63, 3.8) is 0 Å². The van der Waals surface area contributed by atoms with Crippen LogP contribution in [0.2, 0.25) is 5.02 Å². The van der Waals surface area contributed by atoms with Gasteiger partial charge in [-0.2, -0.15) is 0 Å². The number of nitrogens with one attached hydrogen (secondary N) is 2. The summed E-state index contributed by atoms with van der Waals surface area (Å²) in [5, 5.41) is 4.81. The van der Waals surface area contributed by atoms with E-state index in [1.807, 2.05) is 0 Å². The van der Waals surface area contributed by atoms with E-state index in [0.717, 1.165) is 24.3 Å². The third-order valence-electron chi connectivity index (χ3n) is 5.36. The lowest BCUT2D eigenvalue weighted by Gasteiger charge is -2.11. The highest BCUT2D eigenvalue weighted by molar-refractivity contribution is 9.10. The van der Waals surface area contributed by atoms with Gasteiger partial charge in [0, 0.05) is 17.7 Å². The molecule has 0 saturated heterocycles. The molecule has 3 aromatic rings. The van der Waals surface area contributed by atoms with Crippen LogP contribution in [0, 0.1) is 29.2 Å². The Labute approximate surface area is 219 Å². The van der Waals surface area contributed by atoms with Crippen molar-refractivity contribution in [3.05, 3.63) is 92.4 Å². The van der Waals surface area contributed by atoms with Crippen LogP contribution >= 0.6 is 50.7 Å². The minimum atomic E-state index is -1.62. The number of hydrogen-bond donors (Lipinski definition) is 2. The molecule has 0 bridgehead atoms. The molecular weight excluding hydrogens is 599 g/mol. The van der Waals surface area contributed by atoms with Gasteiger partial charge in [-0.05, 0) is 64.0 Å². The Morgan fingerprint density at radius 3 is 2.17 bits per heavy atom. The molecule has 182 valence electrons. The SMILES string of the molecule is O=C(Nc1ccc(F)cc1F)c1cc(NC(=O)[C@@H]2[C@@H](c3cc(F)c(Br)c(F)c3)C2(Cl)Cl)ccc1Cl. The van der Waals surface area contributed by atoms with Gasteiger partial charge in [0.1, 0.15) is 27.6 Å². The molecule has 4 rings (SSSR count). The number of carbonyl (C=O) groups is 2. The Morgan fingerprint density at radius 2 is 1.54 bits per heavy atom. The second-order valence-electron chi connectivity index (χ2n) is 7.69. The smallest absolute Gasteiger partial charge is 0.257 e. The minimum Gasteiger partial charge on any atom is -0.326 e. The van der Waals surface area contributed by atoms with Gasteiger partial charge >= 0.3 is 0 Å². The van der Waals surface area contributed by atoms with E-state index in [0.29, 0.717) is 6.07 Å². The number of hydrogen-bond acceptors (Lipinski definition) is 2. The number of benzene rings is 3. The summed E-state index contributed by atoms with van der Waals surface area (Å²) in [5.41, 5.74) is -0.149. The van der Waals surface area contributed by atoms with Gasteiger partial charge in [-0.15, -0.1) is 23.2 Å². The molecule has 0 unspecified atom stereocenters. The van der Waals surface area contributed by atoms with E-state index >= 15 is 0 Å². The van der Waals surface area contributed by atoms with Crippen molar-refractivity contribution in [2.45, 2.75) is 10.3 Å². The van der Waals surface area contributed by atoms with E-state index in [4.69, 9.17) is 34.8 Å². The summed E-state index contributed by atoms with van der Waals surface area (Å²) in [6.07, 6.45) is 0. The fourth-order valence-electron chi connectivity index (χ4n) is 3.60. The van der Waals surface area contributed by atoms with Crippen molar-refractivity contribution < 1.29 is 27.2 Å². The summed E-state index contributed by atoms with van der Waals surface area (Å²) >= 11 is 21.3. The Morgan fingerprint density at radius 1 is 0.886 bits per heavy atom. The predicted molar refractivity (Wildman–Crippen MR) is 129 cm³/mol. The summed E-state index contributed by atoms with van der Waals surface area (Å²) in [6.45, 7) is 0. The van der Waals surface area contributed by atoms with Crippen LogP contribution in [0.5, 0.6) is 0 Å². The summed E-state index contributed by atoms with van der Waals surface area (Å²) < 4.78 is 52.9. The standard InChI is InChI=1S/C23H12BrCl3F4N2O2/c24-20-15(30)5-9(6-16(20)31)18-19(23(18,26)27)22(35)32-11-2-3-13(25)12(8-11)21(34)33-17-4-1-10(28)7-14(17)29/h1-8,18-19H,(H,32,35)(H,33,34)/t18-,19+/m1/s1. The lowest BCUT2D eigenvalue weighted by atomic mass is 10.1.